The lowest BCUT2D eigenvalue weighted by Gasteiger charge is -2.14. The van der Waals surface area contributed by atoms with Crippen LogP contribution in [-0.4, -0.2) is 53.2 Å². The van der Waals surface area contributed by atoms with E-state index in [0.29, 0.717) is 45.5 Å². The van der Waals surface area contributed by atoms with Gasteiger partial charge in [0.15, 0.2) is 16.7 Å². The molecule has 10 heteroatoms. The number of halogens is 1. The van der Waals surface area contributed by atoms with Gasteiger partial charge in [0.2, 0.25) is 5.91 Å². The van der Waals surface area contributed by atoms with Gasteiger partial charge in [-0.05, 0) is 49.2 Å². The summed E-state index contributed by atoms with van der Waals surface area (Å²) < 4.78 is 11.9. The summed E-state index contributed by atoms with van der Waals surface area (Å²) in [4.78, 5) is 29.8. The number of aliphatic hydroxyl groups is 1. The molecular formula is C23H26ClN3O5S. The van der Waals surface area contributed by atoms with Crippen LogP contribution in [0.1, 0.15) is 12.5 Å². The lowest BCUT2D eigenvalue weighted by atomic mass is 10.1. The molecule has 1 heterocycles. The zero-order valence-corrected chi connectivity index (χ0v) is 20.2. The fourth-order valence-electron chi connectivity index (χ4n) is 3.27. The van der Waals surface area contributed by atoms with Crippen molar-refractivity contribution in [2.24, 2.45) is 0 Å². The molecule has 3 aromatic rings. The number of rotatable bonds is 10. The van der Waals surface area contributed by atoms with E-state index in [1.165, 1.54) is 4.57 Å². The maximum atomic E-state index is 12.9. The fraction of sp³-hybridized carbons (Fsp3) is 0.348. The maximum Gasteiger partial charge on any atom is 0.262 e. The lowest BCUT2D eigenvalue weighted by molar-refractivity contribution is -0.118. The number of nitrogens with zero attached hydrogens (tertiary/aromatic N) is 2. The van der Waals surface area contributed by atoms with Gasteiger partial charge in [-0.2, -0.15) is 0 Å². The van der Waals surface area contributed by atoms with Crippen LogP contribution in [0, 0.1) is 0 Å². The number of ether oxygens (including phenoxy) is 2. The van der Waals surface area contributed by atoms with Gasteiger partial charge in [0, 0.05) is 11.6 Å². The molecule has 8 nitrogen and oxygen atoms in total. The number of hydrogen-bond acceptors (Lipinski definition) is 7. The molecule has 0 spiro atoms. The summed E-state index contributed by atoms with van der Waals surface area (Å²) in [6.07, 6.45) is -0.125. The largest absolute Gasteiger partial charge is 0.493 e. The second-order valence-corrected chi connectivity index (χ2v) is 8.78. The molecule has 33 heavy (non-hydrogen) atoms. The van der Waals surface area contributed by atoms with Crippen molar-refractivity contribution in [3.05, 3.63) is 57.3 Å². The minimum atomic E-state index is -0.746. The van der Waals surface area contributed by atoms with Crippen LogP contribution in [0.3, 0.4) is 0 Å². The van der Waals surface area contributed by atoms with Crippen molar-refractivity contribution in [3.63, 3.8) is 0 Å². The summed E-state index contributed by atoms with van der Waals surface area (Å²) in [5.41, 5.74) is 1.17. The van der Waals surface area contributed by atoms with Crippen molar-refractivity contribution in [1.82, 2.24) is 14.9 Å². The van der Waals surface area contributed by atoms with E-state index >= 15 is 0 Å². The molecule has 0 aliphatic carbocycles. The number of methoxy groups -OCH3 is 2. The number of thioether (sulfide) groups is 1. The van der Waals surface area contributed by atoms with Gasteiger partial charge in [0.05, 0.1) is 43.5 Å². The van der Waals surface area contributed by atoms with E-state index < -0.39 is 6.10 Å². The summed E-state index contributed by atoms with van der Waals surface area (Å²) in [7, 11) is 3.15. The second kappa shape index (κ2) is 11.4. The zero-order chi connectivity index (χ0) is 24.0. The number of aliphatic hydroxyl groups excluding tert-OH is 1. The van der Waals surface area contributed by atoms with E-state index in [2.05, 4.69) is 10.3 Å². The Labute approximate surface area is 200 Å². The minimum absolute atomic E-state index is 0.0737. The van der Waals surface area contributed by atoms with Gasteiger partial charge in [0.1, 0.15) is 0 Å². The first-order chi connectivity index (χ1) is 15.8. The summed E-state index contributed by atoms with van der Waals surface area (Å²) in [5, 5.41) is 13.9. The van der Waals surface area contributed by atoms with Gasteiger partial charge in [-0.3, -0.25) is 14.2 Å². The molecule has 0 saturated heterocycles. The molecule has 1 atom stereocenters. The number of nitrogens with one attached hydrogen (secondary N) is 1. The summed E-state index contributed by atoms with van der Waals surface area (Å²) in [5.74, 6) is 1.17. The Kier molecular flexibility index (Phi) is 8.60. The van der Waals surface area contributed by atoms with Crippen molar-refractivity contribution < 1.29 is 19.4 Å². The van der Waals surface area contributed by atoms with Crippen molar-refractivity contribution in [2.45, 2.75) is 31.1 Å². The van der Waals surface area contributed by atoms with E-state index in [9.17, 15) is 14.7 Å². The Morgan fingerprint density at radius 1 is 1.21 bits per heavy atom. The predicted molar refractivity (Wildman–Crippen MR) is 130 cm³/mol. The number of carbonyl (C=O) groups is 1. The highest BCUT2D eigenvalue weighted by Crippen LogP contribution is 2.27. The molecule has 0 aliphatic rings. The number of fused-ring (bicyclic) bond motifs is 1. The van der Waals surface area contributed by atoms with Crippen molar-refractivity contribution in [2.75, 3.05) is 26.5 Å². The average molecular weight is 492 g/mol. The third-order valence-corrected chi connectivity index (χ3v) is 6.06. The van der Waals surface area contributed by atoms with E-state index in [1.807, 2.05) is 18.2 Å². The number of amides is 1. The summed E-state index contributed by atoms with van der Waals surface area (Å²) in [6, 6.07) is 10.5. The molecule has 0 saturated carbocycles. The smallest absolute Gasteiger partial charge is 0.262 e. The molecule has 2 aromatic carbocycles. The Morgan fingerprint density at radius 2 is 1.97 bits per heavy atom. The van der Waals surface area contributed by atoms with Crippen LogP contribution in [0.15, 0.2) is 46.3 Å². The lowest BCUT2D eigenvalue weighted by Crippen LogP contribution is -2.30. The van der Waals surface area contributed by atoms with Gasteiger partial charge in [0.25, 0.3) is 5.56 Å². The molecule has 0 radical (unpaired) electrons. The van der Waals surface area contributed by atoms with Crippen molar-refractivity contribution in [1.29, 1.82) is 0 Å². The van der Waals surface area contributed by atoms with Crippen molar-refractivity contribution in [3.8, 4) is 11.5 Å². The van der Waals surface area contributed by atoms with E-state index in [1.54, 1.807) is 39.3 Å². The third-order valence-electron chi connectivity index (χ3n) is 4.85. The molecule has 2 N–H and O–H groups in total. The molecule has 0 fully saturated rings. The van der Waals surface area contributed by atoms with E-state index in [-0.39, 0.29) is 23.8 Å². The normalized spacial score (nSPS) is 11.9. The fourth-order valence-corrected chi connectivity index (χ4v) is 4.28. The van der Waals surface area contributed by atoms with Gasteiger partial charge in [-0.1, -0.05) is 29.4 Å². The molecule has 176 valence electrons. The second-order valence-electron chi connectivity index (χ2n) is 7.40. The minimum Gasteiger partial charge on any atom is -0.493 e. The number of benzene rings is 2. The Balaban J connectivity index is 1.65. The van der Waals surface area contributed by atoms with Gasteiger partial charge in [-0.25, -0.2) is 4.98 Å². The molecular weight excluding hydrogens is 466 g/mol. The summed E-state index contributed by atoms with van der Waals surface area (Å²) >= 11 is 7.18. The van der Waals surface area contributed by atoms with Crippen LogP contribution in [0.5, 0.6) is 11.5 Å². The number of aromatic nitrogens is 2. The van der Waals surface area contributed by atoms with Gasteiger partial charge in [-0.15, -0.1) is 0 Å². The Hall–Kier alpha value is -2.75. The van der Waals surface area contributed by atoms with Crippen LogP contribution in [0.2, 0.25) is 5.02 Å². The van der Waals surface area contributed by atoms with Crippen LogP contribution in [-0.2, 0) is 17.8 Å². The highest BCUT2D eigenvalue weighted by atomic mass is 35.5. The first-order valence-corrected chi connectivity index (χ1v) is 11.7. The maximum absolute atomic E-state index is 12.9. The van der Waals surface area contributed by atoms with Crippen molar-refractivity contribution >= 4 is 40.2 Å². The zero-order valence-electron chi connectivity index (χ0n) is 18.6. The highest BCUT2D eigenvalue weighted by molar-refractivity contribution is 7.99. The quantitative estimate of drug-likeness (QED) is 0.332. The molecule has 0 aliphatic heterocycles. The van der Waals surface area contributed by atoms with E-state index in [0.717, 1.165) is 17.3 Å². The molecule has 1 aromatic heterocycles. The molecule has 0 unspecified atom stereocenters. The third kappa shape index (κ3) is 6.40. The molecule has 1 amide bonds. The van der Waals surface area contributed by atoms with Crippen LogP contribution < -0.4 is 20.3 Å². The standard InChI is InChI=1S/C23H26ClN3O5S/c1-14(28)12-27-22(30)17-6-5-16(24)11-18(17)26-23(27)33-13-21(29)25-9-8-15-4-7-19(31-2)20(10-15)32-3/h4-7,10-11,14,28H,8-9,12-13H2,1-3H3,(H,25,29)/t14-/m1/s1. The van der Waals surface area contributed by atoms with Crippen LogP contribution in [0.4, 0.5) is 0 Å². The average Bonchev–Trinajstić information content (AvgIpc) is 2.79. The van der Waals surface area contributed by atoms with E-state index in [4.69, 9.17) is 21.1 Å². The molecule has 3 rings (SSSR count). The Morgan fingerprint density at radius 3 is 2.67 bits per heavy atom. The van der Waals surface area contributed by atoms with Gasteiger partial charge < -0.3 is 19.9 Å². The number of carbonyl (C=O) groups excluding carboxylic acids is 1. The summed E-state index contributed by atoms with van der Waals surface area (Å²) in [6.45, 7) is 2.11. The van der Waals surface area contributed by atoms with Gasteiger partial charge >= 0.3 is 0 Å². The first-order valence-electron chi connectivity index (χ1n) is 10.3. The van der Waals surface area contributed by atoms with Crippen LogP contribution >= 0.6 is 23.4 Å². The molecule has 0 bridgehead atoms. The number of hydrogen-bond donors (Lipinski definition) is 2. The van der Waals surface area contributed by atoms with Crippen LogP contribution in [0.25, 0.3) is 10.9 Å². The highest BCUT2D eigenvalue weighted by Gasteiger charge is 2.15. The SMILES string of the molecule is COc1ccc(CCNC(=O)CSc2nc3cc(Cl)ccc3c(=O)n2C[C@@H](C)O)cc1OC. The predicted octanol–water partition coefficient (Wildman–Crippen LogP) is 2.90. The monoisotopic (exact) mass is 491 g/mol. The Bertz CT molecular complexity index is 1200. The topological polar surface area (TPSA) is 103 Å². The first kappa shape index (κ1) is 24.9.